The average molecular weight is 401 g/mol. The van der Waals surface area contributed by atoms with E-state index in [1.54, 1.807) is 6.92 Å². The second-order valence-electron chi connectivity index (χ2n) is 11.6. The zero-order valence-electron chi connectivity index (χ0n) is 18.8. The first kappa shape index (κ1) is 19.9. The summed E-state index contributed by atoms with van der Waals surface area (Å²) < 4.78 is 12.9. The summed E-state index contributed by atoms with van der Waals surface area (Å²) in [5, 5.41) is 0. The van der Waals surface area contributed by atoms with Crippen LogP contribution < -0.4 is 0 Å². The smallest absolute Gasteiger partial charge is 0.164 e. The van der Waals surface area contributed by atoms with E-state index in [-0.39, 0.29) is 22.7 Å². The van der Waals surface area contributed by atoms with E-state index >= 15 is 0 Å². The lowest BCUT2D eigenvalue weighted by atomic mass is 9.44. The van der Waals surface area contributed by atoms with Crippen LogP contribution in [-0.4, -0.2) is 29.1 Å². The van der Waals surface area contributed by atoms with E-state index in [4.69, 9.17) is 9.47 Å². The number of hydrogen-bond donors (Lipinski definition) is 0. The van der Waals surface area contributed by atoms with E-state index in [1.807, 2.05) is 19.9 Å². The highest BCUT2D eigenvalue weighted by molar-refractivity contribution is 5.92. The quantitative estimate of drug-likeness (QED) is 0.631. The Morgan fingerprint density at radius 2 is 1.83 bits per heavy atom. The molecule has 1 saturated heterocycles. The second-order valence-corrected chi connectivity index (χ2v) is 11.6. The molecular weight excluding hydrogens is 364 g/mol. The van der Waals surface area contributed by atoms with Gasteiger partial charge in [0.1, 0.15) is 0 Å². The van der Waals surface area contributed by atoms with E-state index in [9.17, 15) is 9.59 Å². The van der Waals surface area contributed by atoms with E-state index in [0.29, 0.717) is 35.9 Å². The van der Waals surface area contributed by atoms with Gasteiger partial charge in [0.15, 0.2) is 23.0 Å². The molecule has 0 aromatic carbocycles. The minimum atomic E-state index is -0.811. The summed E-state index contributed by atoms with van der Waals surface area (Å²) in [7, 11) is 0. The van der Waals surface area contributed by atoms with Crippen LogP contribution >= 0.6 is 0 Å². The van der Waals surface area contributed by atoms with Crippen LogP contribution in [0.15, 0.2) is 11.6 Å². The predicted octanol–water partition coefficient (Wildman–Crippen LogP) is 4.85. The van der Waals surface area contributed by atoms with Crippen molar-refractivity contribution in [3.05, 3.63) is 11.6 Å². The SMILES string of the molecule is CC(=O)C12OC(C)(C)OC1CC1C3CC(C)C4=CC(=O)CCC4(C)C3CCC12C. The van der Waals surface area contributed by atoms with Gasteiger partial charge in [-0.05, 0) is 88.0 Å². The molecule has 0 bridgehead atoms. The Morgan fingerprint density at radius 1 is 1.10 bits per heavy atom. The summed E-state index contributed by atoms with van der Waals surface area (Å²) in [6.45, 7) is 12.6. The third-order valence-electron chi connectivity index (χ3n) is 9.79. The summed E-state index contributed by atoms with van der Waals surface area (Å²) >= 11 is 0. The first-order valence-corrected chi connectivity index (χ1v) is 11.6. The Morgan fingerprint density at radius 3 is 2.52 bits per heavy atom. The number of ketones is 2. The number of hydrogen-bond acceptors (Lipinski definition) is 4. The van der Waals surface area contributed by atoms with Gasteiger partial charge in [0.05, 0.1) is 6.10 Å². The molecular formula is C25H36O4. The van der Waals surface area contributed by atoms with Gasteiger partial charge in [0, 0.05) is 11.8 Å². The molecule has 4 heteroatoms. The number of carbonyl (C=O) groups excluding carboxylic acids is 2. The minimum absolute atomic E-state index is 0.125. The van der Waals surface area contributed by atoms with Crippen molar-refractivity contribution in [2.45, 2.75) is 97.6 Å². The molecule has 0 amide bonds. The fraction of sp³-hybridized carbons (Fsp3) is 0.840. The number of carbonyl (C=O) groups is 2. The number of ether oxygens (including phenoxy) is 2. The normalized spacial score (nSPS) is 52.8. The Hall–Kier alpha value is -1.00. The number of fused-ring (bicyclic) bond motifs is 7. The van der Waals surface area contributed by atoms with E-state index < -0.39 is 11.4 Å². The maximum Gasteiger partial charge on any atom is 0.164 e. The van der Waals surface area contributed by atoms with Crippen molar-refractivity contribution in [1.29, 1.82) is 0 Å². The molecule has 160 valence electrons. The van der Waals surface area contributed by atoms with Gasteiger partial charge >= 0.3 is 0 Å². The fourth-order valence-corrected chi connectivity index (χ4v) is 8.73. The molecule has 4 aliphatic carbocycles. The van der Waals surface area contributed by atoms with Gasteiger partial charge in [-0.3, -0.25) is 9.59 Å². The molecule has 1 aliphatic heterocycles. The maximum absolute atomic E-state index is 13.1. The Kier molecular flexibility index (Phi) is 4.00. The van der Waals surface area contributed by atoms with Crippen molar-refractivity contribution in [3.63, 3.8) is 0 Å². The van der Waals surface area contributed by atoms with E-state index in [2.05, 4.69) is 20.8 Å². The van der Waals surface area contributed by atoms with Crippen LogP contribution in [0, 0.1) is 34.5 Å². The Labute approximate surface area is 174 Å². The van der Waals surface area contributed by atoms with Gasteiger partial charge < -0.3 is 9.47 Å². The molecule has 5 rings (SSSR count). The lowest BCUT2D eigenvalue weighted by molar-refractivity contribution is -0.214. The van der Waals surface area contributed by atoms with E-state index in [1.165, 1.54) is 5.57 Å². The van der Waals surface area contributed by atoms with Crippen LogP contribution in [0.3, 0.4) is 0 Å². The van der Waals surface area contributed by atoms with Gasteiger partial charge in [-0.1, -0.05) is 26.3 Å². The summed E-state index contributed by atoms with van der Waals surface area (Å²) in [6, 6.07) is 0. The summed E-state index contributed by atoms with van der Waals surface area (Å²) in [6.07, 6.45) is 7.64. The van der Waals surface area contributed by atoms with Crippen LogP contribution in [0.4, 0.5) is 0 Å². The third-order valence-corrected chi connectivity index (χ3v) is 9.79. The van der Waals surface area contributed by atoms with Crippen molar-refractivity contribution in [2.75, 3.05) is 0 Å². The lowest BCUT2D eigenvalue weighted by Crippen LogP contribution is -2.60. The van der Waals surface area contributed by atoms with Gasteiger partial charge in [-0.25, -0.2) is 0 Å². The summed E-state index contributed by atoms with van der Waals surface area (Å²) in [4.78, 5) is 25.3. The molecule has 8 atom stereocenters. The first-order valence-electron chi connectivity index (χ1n) is 11.6. The Balaban J connectivity index is 1.56. The van der Waals surface area contributed by atoms with Crippen LogP contribution in [0.2, 0.25) is 0 Å². The van der Waals surface area contributed by atoms with Gasteiger partial charge in [-0.2, -0.15) is 0 Å². The van der Waals surface area contributed by atoms with Crippen LogP contribution in [0.5, 0.6) is 0 Å². The average Bonchev–Trinajstić information content (AvgIpc) is 3.03. The molecule has 1 heterocycles. The highest BCUT2D eigenvalue weighted by atomic mass is 16.8. The maximum atomic E-state index is 13.1. The molecule has 0 aromatic rings. The molecule has 0 radical (unpaired) electrons. The molecule has 5 aliphatic rings. The zero-order valence-corrected chi connectivity index (χ0v) is 18.8. The van der Waals surface area contributed by atoms with Crippen molar-refractivity contribution in [2.24, 2.45) is 34.5 Å². The second kappa shape index (κ2) is 5.82. The molecule has 29 heavy (non-hydrogen) atoms. The highest BCUT2D eigenvalue weighted by Gasteiger charge is 2.75. The number of Topliss-reactive ketones (excluding diaryl/α,β-unsaturated/α-hetero) is 1. The number of rotatable bonds is 1. The van der Waals surface area contributed by atoms with Crippen LogP contribution in [0.25, 0.3) is 0 Å². The van der Waals surface area contributed by atoms with Crippen molar-refractivity contribution in [1.82, 2.24) is 0 Å². The highest BCUT2D eigenvalue weighted by Crippen LogP contribution is 2.71. The molecule has 4 fully saturated rings. The van der Waals surface area contributed by atoms with Gasteiger partial charge in [-0.15, -0.1) is 0 Å². The third kappa shape index (κ3) is 2.34. The first-order chi connectivity index (χ1) is 13.4. The topological polar surface area (TPSA) is 52.6 Å². The van der Waals surface area contributed by atoms with Crippen LogP contribution in [-0.2, 0) is 19.1 Å². The largest absolute Gasteiger partial charge is 0.344 e. The van der Waals surface area contributed by atoms with Crippen molar-refractivity contribution >= 4 is 11.6 Å². The molecule has 8 unspecified atom stereocenters. The number of allylic oxidation sites excluding steroid dienone is 1. The molecule has 0 N–H and O–H groups in total. The summed E-state index contributed by atoms with van der Waals surface area (Å²) in [5.74, 6) is 1.76. The fourth-order valence-electron chi connectivity index (χ4n) is 8.73. The van der Waals surface area contributed by atoms with Gasteiger partial charge in [0.25, 0.3) is 0 Å². The van der Waals surface area contributed by atoms with E-state index in [0.717, 1.165) is 32.1 Å². The Bertz CT molecular complexity index is 812. The monoisotopic (exact) mass is 400 g/mol. The lowest BCUT2D eigenvalue weighted by Gasteiger charge is -2.60. The predicted molar refractivity (Wildman–Crippen MR) is 110 cm³/mol. The molecule has 4 nitrogen and oxygen atoms in total. The molecule has 0 spiro atoms. The standard InChI is InChI=1S/C25H36O4/c1-14-11-17-18(23(5)9-7-16(27)12-19(14)23)8-10-24(6)20(17)13-21-25(24,15(2)26)29-22(3,4)28-21/h12,14,17-18,20-21H,7-11,13H2,1-6H3. The molecule has 3 saturated carbocycles. The van der Waals surface area contributed by atoms with Crippen molar-refractivity contribution in [3.8, 4) is 0 Å². The minimum Gasteiger partial charge on any atom is -0.344 e. The van der Waals surface area contributed by atoms with Gasteiger partial charge in [0.2, 0.25) is 0 Å². The van der Waals surface area contributed by atoms with Crippen LogP contribution in [0.1, 0.15) is 80.1 Å². The zero-order chi connectivity index (χ0) is 21.0. The summed E-state index contributed by atoms with van der Waals surface area (Å²) in [5.41, 5.74) is 0.529. The molecule has 0 aromatic heterocycles. The van der Waals surface area contributed by atoms with Crippen molar-refractivity contribution < 1.29 is 19.1 Å².